The average Bonchev–Trinajstić information content (AvgIpc) is 3.24. The third kappa shape index (κ3) is 3.10. The Balaban J connectivity index is 1.30. The molecule has 4 heterocycles. The molecule has 7 heteroatoms. The Bertz CT molecular complexity index is 737. The number of fused-ring (bicyclic) bond motifs is 2. The quantitative estimate of drug-likeness (QED) is 0.910. The smallest absolute Gasteiger partial charge is 0.236 e. The number of hydrogen-bond acceptors (Lipinski definition) is 5. The van der Waals surface area contributed by atoms with Gasteiger partial charge in [-0.2, -0.15) is 5.10 Å². The summed E-state index contributed by atoms with van der Waals surface area (Å²) < 4.78 is 2.00. The minimum Gasteiger partial charge on any atom is -0.337 e. The number of aromatic nitrogens is 3. The van der Waals surface area contributed by atoms with E-state index in [1.807, 2.05) is 9.58 Å². The van der Waals surface area contributed by atoms with Crippen LogP contribution in [0.15, 0.2) is 11.4 Å². The number of nitrogens with one attached hydrogen (secondary N) is 1. The predicted octanol–water partition coefficient (Wildman–Crippen LogP) is 1.39. The van der Waals surface area contributed by atoms with Gasteiger partial charge in [0.25, 0.3) is 0 Å². The fraction of sp³-hybridized carbons (Fsp3) is 0.588. The highest BCUT2D eigenvalue weighted by molar-refractivity contribution is 7.10. The Kier molecular flexibility index (Phi) is 4.37. The topological polar surface area (TPSA) is 63.1 Å². The molecule has 0 unspecified atom stereocenters. The molecule has 0 spiro atoms. The molecule has 2 aliphatic rings. The molecule has 2 aromatic heterocycles. The fourth-order valence-electron chi connectivity index (χ4n) is 3.48. The van der Waals surface area contributed by atoms with Crippen LogP contribution in [-0.2, 0) is 37.1 Å². The lowest BCUT2D eigenvalue weighted by molar-refractivity contribution is -0.131. The molecular weight excluding hydrogens is 322 g/mol. The van der Waals surface area contributed by atoms with Gasteiger partial charge in [0.15, 0.2) is 5.82 Å². The summed E-state index contributed by atoms with van der Waals surface area (Å²) in [5.74, 6) is 2.20. The van der Waals surface area contributed by atoms with E-state index in [1.54, 1.807) is 11.3 Å². The second kappa shape index (κ2) is 6.64. The summed E-state index contributed by atoms with van der Waals surface area (Å²) in [5, 5.41) is 10.1. The maximum atomic E-state index is 12.5. The van der Waals surface area contributed by atoms with Gasteiger partial charge in [0, 0.05) is 36.9 Å². The van der Waals surface area contributed by atoms with Crippen LogP contribution < -0.4 is 5.32 Å². The largest absolute Gasteiger partial charge is 0.337 e. The van der Waals surface area contributed by atoms with Crippen molar-refractivity contribution < 1.29 is 4.79 Å². The lowest BCUT2D eigenvalue weighted by Crippen LogP contribution is -2.45. The van der Waals surface area contributed by atoms with Gasteiger partial charge in [0.1, 0.15) is 5.82 Å². The van der Waals surface area contributed by atoms with Crippen molar-refractivity contribution in [3.63, 3.8) is 0 Å². The van der Waals surface area contributed by atoms with Gasteiger partial charge >= 0.3 is 0 Å². The van der Waals surface area contributed by atoms with E-state index in [2.05, 4.69) is 33.8 Å². The van der Waals surface area contributed by atoms with E-state index in [0.717, 1.165) is 57.0 Å². The SMILES string of the molecule is CCc1nc2n(n1)C[C@H](NCC(=O)N1CCc3sccc3C1)CC2. The first kappa shape index (κ1) is 15.8. The number of carbonyl (C=O) groups is 1. The van der Waals surface area contributed by atoms with Crippen molar-refractivity contribution in [2.24, 2.45) is 0 Å². The third-order valence-corrected chi connectivity index (χ3v) is 5.94. The molecule has 1 atom stereocenters. The van der Waals surface area contributed by atoms with Gasteiger partial charge in [0.05, 0.1) is 13.1 Å². The molecule has 6 nitrogen and oxygen atoms in total. The number of rotatable bonds is 4. The Morgan fingerprint density at radius 2 is 2.38 bits per heavy atom. The van der Waals surface area contributed by atoms with Crippen LogP contribution in [0.4, 0.5) is 0 Å². The molecule has 0 bridgehead atoms. The van der Waals surface area contributed by atoms with Gasteiger partial charge in [-0.1, -0.05) is 6.92 Å². The lowest BCUT2D eigenvalue weighted by atomic mass is 10.1. The van der Waals surface area contributed by atoms with E-state index in [4.69, 9.17) is 0 Å². The highest BCUT2D eigenvalue weighted by Crippen LogP contribution is 2.24. The normalized spacial score (nSPS) is 19.9. The van der Waals surface area contributed by atoms with Crippen LogP contribution in [0.1, 0.15) is 35.4 Å². The Morgan fingerprint density at radius 1 is 1.46 bits per heavy atom. The average molecular weight is 345 g/mol. The first-order chi connectivity index (χ1) is 11.7. The standard InChI is InChI=1S/C17H23N5OS/c1-2-15-19-16-4-3-13(11-22(16)20-15)18-9-17(23)21-7-5-14-12(10-21)6-8-24-14/h6,8,13,18H,2-5,7,9-11H2,1H3/t13-/m1/s1. The zero-order valence-electron chi connectivity index (χ0n) is 14.0. The van der Waals surface area contributed by atoms with E-state index in [0.29, 0.717) is 12.6 Å². The molecule has 0 aromatic carbocycles. The molecule has 1 amide bonds. The van der Waals surface area contributed by atoms with Crippen molar-refractivity contribution in [3.8, 4) is 0 Å². The van der Waals surface area contributed by atoms with Crippen molar-refractivity contribution in [1.82, 2.24) is 25.0 Å². The highest BCUT2D eigenvalue weighted by atomic mass is 32.1. The molecule has 1 N–H and O–H groups in total. The summed E-state index contributed by atoms with van der Waals surface area (Å²) >= 11 is 1.80. The third-order valence-electron chi connectivity index (χ3n) is 4.92. The molecule has 128 valence electrons. The van der Waals surface area contributed by atoms with Crippen LogP contribution in [0.25, 0.3) is 0 Å². The Labute approximate surface area is 145 Å². The predicted molar refractivity (Wildman–Crippen MR) is 93.0 cm³/mol. The first-order valence-corrected chi connectivity index (χ1v) is 9.60. The maximum absolute atomic E-state index is 12.5. The van der Waals surface area contributed by atoms with Crippen molar-refractivity contribution in [1.29, 1.82) is 0 Å². The number of carbonyl (C=O) groups excluding carboxylic acids is 1. The summed E-state index contributed by atoms with van der Waals surface area (Å²) in [6, 6.07) is 2.44. The van der Waals surface area contributed by atoms with Crippen LogP contribution in [0.3, 0.4) is 0 Å². The maximum Gasteiger partial charge on any atom is 0.236 e. The highest BCUT2D eigenvalue weighted by Gasteiger charge is 2.24. The first-order valence-electron chi connectivity index (χ1n) is 8.72. The fourth-order valence-corrected chi connectivity index (χ4v) is 4.37. The molecule has 0 aliphatic carbocycles. The van der Waals surface area contributed by atoms with E-state index in [1.165, 1.54) is 10.4 Å². The second-order valence-electron chi connectivity index (χ2n) is 6.53. The van der Waals surface area contributed by atoms with Crippen LogP contribution in [-0.4, -0.2) is 44.7 Å². The molecule has 0 saturated carbocycles. The molecule has 0 radical (unpaired) electrons. The molecule has 2 aliphatic heterocycles. The zero-order valence-corrected chi connectivity index (χ0v) is 14.8. The summed E-state index contributed by atoms with van der Waals surface area (Å²) in [5.41, 5.74) is 1.32. The van der Waals surface area contributed by atoms with Crippen molar-refractivity contribution in [3.05, 3.63) is 33.5 Å². The molecule has 0 saturated heterocycles. The summed E-state index contributed by atoms with van der Waals surface area (Å²) in [6.07, 6.45) is 3.81. The summed E-state index contributed by atoms with van der Waals surface area (Å²) in [4.78, 5) is 20.4. The van der Waals surface area contributed by atoms with Crippen LogP contribution in [0.2, 0.25) is 0 Å². The second-order valence-corrected chi connectivity index (χ2v) is 7.53. The van der Waals surface area contributed by atoms with Crippen LogP contribution in [0, 0.1) is 0 Å². The van der Waals surface area contributed by atoms with E-state index < -0.39 is 0 Å². The Morgan fingerprint density at radius 3 is 3.25 bits per heavy atom. The summed E-state index contributed by atoms with van der Waals surface area (Å²) in [6.45, 7) is 4.90. The molecule has 4 rings (SSSR count). The number of amides is 1. The lowest BCUT2D eigenvalue weighted by Gasteiger charge is -2.29. The van der Waals surface area contributed by atoms with Crippen molar-refractivity contribution in [2.45, 2.75) is 51.7 Å². The number of aryl methyl sites for hydroxylation is 2. The van der Waals surface area contributed by atoms with Crippen LogP contribution in [0.5, 0.6) is 0 Å². The summed E-state index contributed by atoms with van der Waals surface area (Å²) in [7, 11) is 0. The number of nitrogens with zero attached hydrogens (tertiary/aromatic N) is 4. The molecule has 2 aromatic rings. The minimum atomic E-state index is 0.200. The molecular formula is C17H23N5OS. The van der Waals surface area contributed by atoms with Gasteiger partial charge < -0.3 is 10.2 Å². The van der Waals surface area contributed by atoms with E-state index >= 15 is 0 Å². The van der Waals surface area contributed by atoms with Crippen LogP contribution >= 0.6 is 11.3 Å². The molecule has 24 heavy (non-hydrogen) atoms. The number of hydrogen-bond donors (Lipinski definition) is 1. The van der Waals surface area contributed by atoms with E-state index in [9.17, 15) is 4.79 Å². The van der Waals surface area contributed by atoms with Gasteiger partial charge in [-0.25, -0.2) is 9.67 Å². The Hall–Kier alpha value is -1.73. The van der Waals surface area contributed by atoms with E-state index in [-0.39, 0.29) is 5.91 Å². The number of thiophene rings is 1. The van der Waals surface area contributed by atoms with Gasteiger partial charge in [-0.3, -0.25) is 4.79 Å². The van der Waals surface area contributed by atoms with Crippen molar-refractivity contribution in [2.75, 3.05) is 13.1 Å². The van der Waals surface area contributed by atoms with Gasteiger partial charge in [-0.15, -0.1) is 11.3 Å². The monoisotopic (exact) mass is 345 g/mol. The van der Waals surface area contributed by atoms with Gasteiger partial charge in [0.2, 0.25) is 5.91 Å². The van der Waals surface area contributed by atoms with Crippen molar-refractivity contribution >= 4 is 17.2 Å². The van der Waals surface area contributed by atoms with Gasteiger partial charge in [-0.05, 0) is 29.9 Å². The minimum absolute atomic E-state index is 0.200. The zero-order chi connectivity index (χ0) is 16.5. The molecule has 0 fully saturated rings.